The third-order valence-electron chi connectivity index (χ3n) is 4.07. The van der Waals surface area contributed by atoms with Gasteiger partial charge in [0.1, 0.15) is 5.60 Å². The summed E-state index contributed by atoms with van der Waals surface area (Å²) in [7, 11) is 0. The van der Waals surface area contributed by atoms with Crippen LogP contribution in [0.25, 0.3) is 0 Å². The van der Waals surface area contributed by atoms with Crippen LogP contribution in [0.3, 0.4) is 0 Å². The van der Waals surface area contributed by atoms with Gasteiger partial charge in [0, 0.05) is 19.6 Å². The molecule has 0 aromatic rings. The molecule has 0 aromatic heterocycles. The summed E-state index contributed by atoms with van der Waals surface area (Å²) < 4.78 is 5.44. The average Bonchev–Trinajstić information content (AvgIpc) is 2.33. The second-order valence-corrected chi connectivity index (χ2v) is 8.14. The number of carbonyl (C=O) groups is 1. The summed E-state index contributed by atoms with van der Waals surface area (Å²) in [6.07, 6.45) is 3.14. The third kappa shape index (κ3) is 7.16. The molecule has 1 aliphatic heterocycles. The van der Waals surface area contributed by atoms with Gasteiger partial charge in [0.25, 0.3) is 0 Å². The molecule has 124 valence electrons. The fourth-order valence-electron chi connectivity index (χ4n) is 2.51. The fourth-order valence-corrected chi connectivity index (χ4v) is 2.51. The molecule has 1 saturated heterocycles. The standard InChI is InChI=1S/C17H34N2O2/c1-14(2)7-10-18-13-17(6)8-11-19(12-9-17)15(20)21-16(3,4)5/h14,18H,7-13H2,1-6H3. The number of rotatable bonds is 5. The number of nitrogens with one attached hydrogen (secondary N) is 1. The summed E-state index contributed by atoms with van der Waals surface area (Å²) >= 11 is 0. The number of nitrogens with zero attached hydrogens (tertiary/aromatic N) is 1. The summed E-state index contributed by atoms with van der Waals surface area (Å²) in [6.45, 7) is 16.3. The van der Waals surface area contributed by atoms with E-state index < -0.39 is 5.60 Å². The monoisotopic (exact) mass is 298 g/mol. The van der Waals surface area contributed by atoms with Gasteiger partial charge in [0.05, 0.1) is 0 Å². The number of ether oxygens (including phenoxy) is 1. The molecule has 1 N–H and O–H groups in total. The van der Waals surface area contributed by atoms with Crippen LogP contribution in [0.4, 0.5) is 4.79 Å². The molecule has 0 aromatic carbocycles. The van der Waals surface area contributed by atoms with Gasteiger partial charge >= 0.3 is 6.09 Å². The number of hydrogen-bond donors (Lipinski definition) is 1. The van der Waals surface area contributed by atoms with Crippen molar-refractivity contribution in [2.45, 2.75) is 66.4 Å². The Balaban J connectivity index is 2.31. The number of amides is 1. The minimum Gasteiger partial charge on any atom is -0.444 e. The van der Waals surface area contributed by atoms with E-state index in [1.807, 2.05) is 25.7 Å². The molecule has 0 unspecified atom stereocenters. The Morgan fingerprint density at radius 3 is 2.33 bits per heavy atom. The summed E-state index contributed by atoms with van der Waals surface area (Å²) in [5, 5.41) is 3.57. The van der Waals surface area contributed by atoms with Crippen molar-refractivity contribution in [1.82, 2.24) is 10.2 Å². The van der Waals surface area contributed by atoms with Gasteiger partial charge in [0.2, 0.25) is 0 Å². The Kier molecular flexibility index (Phi) is 6.51. The third-order valence-corrected chi connectivity index (χ3v) is 4.07. The molecule has 4 nitrogen and oxygen atoms in total. The Hall–Kier alpha value is -0.770. The largest absolute Gasteiger partial charge is 0.444 e. The minimum atomic E-state index is -0.407. The van der Waals surface area contributed by atoms with Crippen LogP contribution in [0.2, 0.25) is 0 Å². The molecule has 1 amide bonds. The van der Waals surface area contributed by atoms with Crippen LogP contribution in [0.5, 0.6) is 0 Å². The van der Waals surface area contributed by atoms with Crippen LogP contribution in [0.1, 0.15) is 60.8 Å². The highest BCUT2D eigenvalue weighted by Crippen LogP contribution is 2.30. The van der Waals surface area contributed by atoms with E-state index in [-0.39, 0.29) is 6.09 Å². The molecule has 1 heterocycles. The van der Waals surface area contributed by atoms with E-state index in [2.05, 4.69) is 26.1 Å². The van der Waals surface area contributed by atoms with Crippen molar-refractivity contribution < 1.29 is 9.53 Å². The minimum absolute atomic E-state index is 0.169. The first-order chi connectivity index (χ1) is 9.61. The predicted molar refractivity (Wildman–Crippen MR) is 87.5 cm³/mol. The van der Waals surface area contributed by atoms with Crippen molar-refractivity contribution in [2.75, 3.05) is 26.2 Å². The van der Waals surface area contributed by atoms with E-state index in [0.29, 0.717) is 5.41 Å². The highest BCUT2D eigenvalue weighted by Gasteiger charge is 2.33. The molecule has 0 bridgehead atoms. The van der Waals surface area contributed by atoms with E-state index >= 15 is 0 Å². The van der Waals surface area contributed by atoms with Crippen molar-refractivity contribution in [2.24, 2.45) is 11.3 Å². The van der Waals surface area contributed by atoms with Crippen molar-refractivity contribution in [3.8, 4) is 0 Å². The molecular formula is C17H34N2O2. The lowest BCUT2D eigenvalue weighted by molar-refractivity contribution is 0.0119. The van der Waals surface area contributed by atoms with E-state index in [9.17, 15) is 4.79 Å². The summed E-state index contributed by atoms with van der Waals surface area (Å²) in [5.74, 6) is 0.749. The highest BCUT2D eigenvalue weighted by molar-refractivity contribution is 5.68. The molecule has 0 saturated carbocycles. The average molecular weight is 298 g/mol. The predicted octanol–water partition coefficient (Wildman–Crippen LogP) is 3.66. The normalized spacial score (nSPS) is 18.9. The van der Waals surface area contributed by atoms with Gasteiger partial charge in [-0.1, -0.05) is 20.8 Å². The number of piperidine rings is 1. The molecular weight excluding hydrogens is 264 g/mol. The Morgan fingerprint density at radius 2 is 1.86 bits per heavy atom. The lowest BCUT2D eigenvalue weighted by Crippen LogP contribution is -2.47. The molecule has 0 aliphatic carbocycles. The maximum atomic E-state index is 12.0. The molecule has 0 radical (unpaired) electrons. The topological polar surface area (TPSA) is 41.6 Å². The van der Waals surface area contributed by atoms with Gasteiger partial charge in [-0.3, -0.25) is 0 Å². The first kappa shape index (κ1) is 18.3. The lowest BCUT2D eigenvalue weighted by Gasteiger charge is -2.40. The van der Waals surface area contributed by atoms with Gasteiger partial charge in [-0.25, -0.2) is 4.79 Å². The Morgan fingerprint density at radius 1 is 1.29 bits per heavy atom. The van der Waals surface area contributed by atoms with Crippen molar-refractivity contribution in [3.05, 3.63) is 0 Å². The first-order valence-electron chi connectivity index (χ1n) is 8.30. The van der Waals surface area contributed by atoms with Crippen LogP contribution >= 0.6 is 0 Å². The highest BCUT2D eigenvalue weighted by atomic mass is 16.6. The Labute approximate surface area is 130 Å². The maximum absolute atomic E-state index is 12.0. The van der Waals surface area contributed by atoms with Crippen LogP contribution in [0, 0.1) is 11.3 Å². The summed E-state index contributed by atoms with van der Waals surface area (Å²) in [5.41, 5.74) is -0.105. The SMILES string of the molecule is CC(C)CCNCC1(C)CCN(C(=O)OC(C)(C)C)CC1. The van der Waals surface area contributed by atoms with Crippen molar-refractivity contribution in [1.29, 1.82) is 0 Å². The second kappa shape index (κ2) is 7.48. The van der Waals surface area contributed by atoms with Gasteiger partial charge in [-0.2, -0.15) is 0 Å². The summed E-state index contributed by atoms with van der Waals surface area (Å²) in [4.78, 5) is 13.9. The Bertz CT molecular complexity index is 326. The van der Waals surface area contributed by atoms with E-state index in [0.717, 1.165) is 44.9 Å². The lowest BCUT2D eigenvalue weighted by atomic mass is 9.80. The maximum Gasteiger partial charge on any atom is 0.410 e. The zero-order valence-electron chi connectivity index (χ0n) is 14.8. The molecule has 0 spiro atoms. The number of likely N-dealkylation sites (tertiary alicyclic amines) is 1. The number of carbonyl (C=O) groups excluding carboxylic acids is 1. The quantitative estimate of drug-likeness (QED) is 0.788. The van der Waals surface area contributed by atoms with E-state index in [1.165, 1.54) is 6.42 Å². The fraction of sp³-hybridized carbons (Fsp3) is 0.941. The molecule has 21 heavy (non-hydrogen) atoms. The van der Waals surface area contributed by atoms with E-state index in [1.54, 1.807) is 0 Å². The van der Waals surface area contributed by atoms with Crippen molar-refractivity contribution in [3.63, 3.8) is 0 Å². The zero-order chi connectivity index (χ0) is 16.1. The molecule has 4 heteroatoms. The molecule has 0 atom stereocenters. The smallest absolute Gasteiger partial charge is 0.410 e. The van der Waals surface area contributed by atoms with Crippen molar-refractivity contribution >= 4 is 6.09 Å². The van der Waals surface area contributed by atoms with Crippen LogP contribution in [0.15, 0.2) is 0 Å². The van der Waals surface area contributed by atoms with Crippen LogP contribution in [-0.4, -0.2) is 42.8 Å². The number of hydrogen-bond acceptors (Lipinski definition) is 3. The van der Waals surface area contributed by atoms with Gasteiger partial charge in [-0.05, 0) is 57.9 Å². The van der Waals surface area contributed by atoms with Gasteiger partial charge in [0.15, 0.2) is 0 Å². The van der Waals surface area contributed by atoms with E-state index in [4.69, 9.17) is 4.74 Å². The molecule has 1 fully saturated rings. The van der Waals surface area contributed by atoms with Gasteiger partial charge < -0.3 is 15.0 Å². The second-order valence-electron chi connectivity index (χ2n) is 8.14. The zero-order valence-corrected chi connectivity index (χ0v) is 14.8. The molecule has 1 aliphatic rings. The first-order valence-corrected chi connectivity index (χ1v) is 8.30. The molecule has 1 rings (SSSR count). The summed E-state index contributed by atoms with van der Waals surface area (Å²) in [6, 6.07) is 0. The van der Waals surface area contributed by atoms with Gasteiger partial charge in [-0.15, -0.1) is 0 Å². The van der Waals surface area contributed by atoms with Crippen LogP contribution < -0.4 is 5.32 Å². The van der Waals surface area contributed by atoms with Crippen LogP contribution in [-0.2, 0) is 4.74 Å².